The molecule has 0 saturated carbocycles. The highest BCUT2D eigenvalue weighted by molar-refractivity contribution is 7.68. The molecule has 0 fully saturated rings. The lowest BCUT2D eigenvalue weighted by Gasteiger charge is -2.27. The van der Waals surface area contributed by atoms with Crippen LogP contribution in [-0.2, 0) is 30.8 Å². The van der Waals surface area contributed by atoms with Gasteiger partial charge < -0.3 is 9.13 Å². The summed E-state index contributed by atoms with van der Waals surface area (Å²) >= 11 is 0. The van der Waals surface area contributed by atoms with Gasteiger partial charge in [-0.25, -0.2) is 0 Å². The molecule has 0 amide bonds. The van der Waals surface area contributed by atoms with E-state index in [0.717, 1.165) is 10.6 Å². The Morgan fingerprint density at radius 1 is 0.421 bits per heavy atom. The fraction of sp³-hybridized carbons (Fsp3) is 0.471. The molecule has 0 N–H and O–H groups in total. The van der Waals surface area contributed by atoms with Crippen molar-refractivity contribution >= 4 is 36.8 Å². The second kappa shape index (κ2) is 10.6. The summed E-state index contributed by atoms with van der Waals surface area (Å²) in [5, 5.41) is 3.11. The van der Waals surface area contributed by atoms with Gasteiger partial charge in [-0.15, -0.1) is 0 Å². The van der Waals surface area contributed by atoms with Crippen LogP contribution in [0.15, 0.2) is 60.7 Å². The maximum absolute atomic E-state index is 14.3. The molecule has 0 aromatic heterocycles. The lowest BCUT2D eigenvalue weighted by molar-refractivity contribution is 0.568. The average molecular weight is 551 g/mol. The van der Waals surface area contributed by atoms with Crippen molar-refractivity contribution in [3.05, 3.63) is 82.9 Å². The van der Waals surface area contributed by atoms with Crippen molar-refractivity contribution in [2.24, 2.45) is 0 Å². The Hall–Kier alpha value is -1.88. The molecule has 2 unspecified atom stereocenters. The van der Waals surface area contributed by atoms with E-state index in [9.17, 15) is 9.13 Å². The van der Waals surface area contributed by atoms with Crippen LogP contribution in [0, 0.1) is 0 Å². The minimum absolute atomic E-state index is 0.0675. The third-order valence-electron chi connectivity index (χ3n) is 7.27. The molecular weight excluding hydrogens is 502 g/mol. The van der Waals surface area contributed by atoms with E-state index in [1.807, 2.05) is 24.3 Å². The van der Waals surface area contributed by atoms with E-state index in [-0.39, 0.29) is 21.7 Å². The molecule has 0 saturated heterocycles. The van der Waals surface area contributed by atoms with Crippen LogP contribution < -0.4 is 21.2 Å². The molecule has 3 aromatic rings. The SMILES string of the molecule is CC(C)(C)c1cc([PH](=O)c2ccccc2[PH](=O)c2cc(C(C)(C)C)cc(C(C)(C)C)c2)cc(C(C)(C)C)c1. The Morgan fingerprint density at radius 2 is 0.658 bits per heavy atom. The highest BCUT2D eigenvalue weighted by Crippen LogP contribution is 2.34. The minimum Gasteiger partial charge on any atom is -0.317 e. The van der Waals surface area contributed by atoms with Crippen molar-refractivity contribution in [3.8, 4) is 0 Å². The Labute approximate surface area is 233 Å². The Morgan fingerprint density at radius 3 is 0.868 bits per heavy atom. The number of hydrogen-bond acceptors (Lipinski definition) is 2. The van der Waals surface area contributed by atoms with Gasteiger partial charge in [0.15, 0.2) is 0 Å². The van der Waals surface area contributed by atoms with E-state index in [1.165, 1.54) is 22.3 Å². The first-order valence-electron chi connectivity index (χ1n) is 13.7. The van der Waals surface area contributed by atoms with Gasteiger partial charge in [-0.2, -0.15) is 0 Å². The van der Waals surface area contributed by atoms with Gasteiger partial charge in [0.1, 0.15) is 15.6 Å². The van der Waals surface area contributed by atoms with Gasteiger partial charge in [0.25, 0.3) is 0 Å². The summed E-state index contributed by atoms with van der Waals surface area (Å²) in [6.07, 6.45) is 0. The van der Waals surface area contributed by atoms with Crippen LogP contribution >= 0.6 is 15.6 Å². The van der Waals surface area contributed by atoms with E-state index in [4.69, 9.17) is 0 Å². The molecule has 4 heteroatoms. The van der Waals surface area contributed by atoms with Gasteiger partial charge >= 0.3 is 0 Å². The standard InChI is InChI=1S/C34H48O2P2/c1-31(2,3)23-17-24(32(4,5)6)20-27(19-23)37(35)29-15-13-14-16-30(29)38(36)28-21-25(33(7,8)9)18-26(22-28)34(10,11)12/h13-22,37-38H,1-12H3. The zero-order valence-corrected chi connectivity index (χ0v) is 27.6. The molecule has 0 heterocycles. The molecule has 38 heavy (non-hydrogen) atoms. The van der Waals surface area contributed by atoms with Gasteiger partial charge in [-0.05, 0) is 68.2 Å². The second-order valence-electron chi connectivity index (χ2n) is 14.8. The van der Waals surface area contributed by atoms with Gasteiger partial charge in [-0.3, -0.25) is 0 Å². The van der Waals surface area contributed by atoms with Crippen LogP contribution in [0.2, 0.25) is 0 Å². The number of benzene rings is 3. The zero-order chi connectivity index (χ0) is 28.8. The Bertz CT molecular complexity index is 1200. The number of hydrogen-bond donors (Lipinski definition) is 0. The summed E-state index contributed by atoms with van der Waals surface area (Å²) in [7, 11) is -4.78. The third kappa shape index (κ3) is 7.00. The summed E-state index contributed by atoms with van der Waals surface area (Å²) in [5.41, 5.74) is 4.44. The predicted molar refractivity (Wildman–Crippen MR) is 171 cm³/mol. The van der Waals surface area contributed by atoms with Gasteiger partial charge in [0, 0.05) is 21.2 Å². The van der Waals surface area contributed by atoms with E-state index < -0.39 is 15.6 Å². The summed E-state index contributed by atoms with van der Waals surface area (Å²) in [5.74, 6) is 0. The molecule has 0 spiro atoms. The van der Waals surface area contributed by atoms with Crippen LogP contribution in [0.25, 0.3) is 0 Å². The zero-order valence-electron chi connectivity index (χ0n) is 25.6. The van der Waals surface area contributed by atoms with Crippen molar-refractivity contribution in [3.63, 3.8) is 0 Å². The van der Waals surface area contributed by atoms with E-state index in [0.29, 0.717) is 10.6 Å². The third-order valence-corrected chi connectivity index (χ3v) is 11.0. The summed E-state index contributed by atoms with van der Waals surface area (Å²) < 4.78 is 28.6. The van der Waals surface area contributed by atoms with Crippen molar-refractivity contribution in [2.45, 2.75) is 105 Å². The number of rotatable bonds is 4. The van der Waals surface area contributed by atoms with Crippen LogP contribution in [0.4, 0.5) is 0 Å². The van der Waals surface area contributed by atoms with Gasteiger partial charge in [0.05, 0.1) is 0 Å². The van der Waals surface area contributed by atoms with E-state index >= 15 is 0 Å². The summed E-state index contributed by atoms with van der Waals surface area (Å²) in [6.45, 7) is 26.3. The molecule has 0 aliphatic heterocycles. The molecular formula is C34H48O2P2. The van der Waals surface area contributed by atoms with Crippen molar-refractivity contribution < 1.29 is 9.13 Å². The minimum atomic E-state index is -2.39. The normalized spacial score (nSPS) is 14.8. The van der Waals surface area contributed by atoms with E-state index in [1.54, 1.807) is 0 Å². The van der Waals surface area contributed by atoms with Crippen LogP contribution in [0.5, 0.6) is 0 Å². The molecule has 2 nitrogen and oxygen atoms in total. The smallest absolute Gasteiger partial charge is 0.132 e. The molecule has 0 aliphatic carbocycles. The molecule has 3 aromatic carbocycles. The van der Waals surface area contributed by atoms with Crippen molar-refractivity contribution in [1.29, 1.82) is 0 Å². The highest BCUT2D eigenvalue weighted by Gasteiger charge is 2.26. The van der Waals surface area contributed by atoms with Crippen molar-refractivity contribution in [1.82, 2.24) is 0 Å². The average Bonchev–Trinajstić information content (AvgIpc) is 2.80. The van der Waals surface area contributed by atoms with Crippen molar-refractivity contribution in [2.75, 3.05) is 0 Å². The first-order chi connectivity index (χ1) is 17.2. The molecule has 0 bridgehead atoms. The highest BCUT2D eigenvalue weighted by atomic mass is 31.1. The van der Waals surface area contributed by atoms with Gasteiger partial charge in [0.2, 0.25) is 0 Å². The quantitative estimate of drug-likeness (QED) is 0.310. The molecule has 3 rings (SSSR count). The lowest BCUT2D eigenvalue weighted by Crippen LogP contribution is -2.27. The molecule has 0 aliphatic rings. The fourth-order valence-corrected chi connectivity index (χ4v) is 8.04. The predicted octanol–water partition coefficient (Wildman–Crippen LogP) is 7.90. The maximum Gasteiger partial charge on any atom is 0.132 e. The first kappa shape index (κ1) is 30.7. The molecule has 206 valence electrons. The fourth-order valence-electron chi connectivity index (χ4n) is 4.44. The molecule has 0 radical (unpaired) electrons. The summed E-state index contributed by atoms with van der Waals surface area (Å²) in [4.78, 5) is 0. The second-order valence-corrected chi connectivity index (χ2v) is 18.4. The molecule has 2 atom stereocenters. The topological polar surface area (TPSA) is 34.1 Å². The van der Waals surface area contributed by atoms with E-state index in [2.05, 4.69) is 119 Å². The van der Waals surface area contributed by atoms with Crippen LogP contribution in [0.3, 0.4) is 0 Å². The lowest BCUT2D eigenvalue weighted by atomic mass is 9.81. The maximum atomic E-state index is 14.3. The van der Waals surface area contributed by atoms with Crippen LogP contribution in [0.1, 0.15) is 105 Å². The largest absolute Gasteiger partial charge is 0.317 e. The Kier molecular flexibility index (Phi) is 8.55. The van der Waals surface area contributed by atoms with Crippen LogP contribution in [-0.4, -0.2) is 0 Å². The Balaban J connectivity index is 2.19. The summed E-state index contributed by atoms with van der Waals surface area (Å²) in [6, 6.07) is 20.6. The first-order valence-corrected chi connectivity index (χ1v) is 16.5. The monoisotopic (exact) mass is 550 g/mol. The van der Waals surface area contributed by atoms with Gasteiger partial charge in [-0.1, -0.05) is 119 Å².